The van der Waals surface area contributed by atoms with Gasteiger partial charge in [-0.1, -0.05) is 36.4 Å². The van der Waals surface area contributed by atoms with E-state index in [1.165, 1.54) is 46.9 Å². The van der Waals surface area contributed by atoms with Gasteiger partial charge in [0.25, 0.3) is 0 Å². The van der Waals surface area contributed by atoms with Gasteiger partial charge < -0.3 is 44.9 Å². The van der Waals surface area contributed by atoms with Crippen LogP contribution in [0.2, 0.25) is 0 Å². The number of likely N-dealkylation sites (tertiary alicyclic amines) is 2. The number of carboxylic acids is 1. The van der Waals surface area contributed by atoms with Gasteiger partial charge in [0.05, 0.1) is 44.7 Å². The predicted molar refractivity (Wildman–Crippen MR) is 254 cm³/mol. The van der Waals surface area contributed by atoms with Crippen molar-refractivity contribution in [2.24, 2.45) is 0 Å². The van der Waals surface area contributed by atoms with E-state index in [0.29, 0.717) is 32.7 Å². The van der Waals surface area contributed by atoms with Gasteiger partial charge in [-0.15, -0.1) is 34.0 Å². The van der Waals surface area contributed by atoms with Crippen molar-refractivity contribution in [3.8, 4) is 0 Å². The van der Waals surface area contributed by atoms with Gasteiger partial charge in [-0.3, -0.25) is 9.69 Å². The highest BCUT2D eigenvalue weighted by atomic mass is 32.1. The second-order valence-corrected chi connectivity index (χ2v) is 18.8. The van der Waals surface area contributed by atoms with Crippen LogP contribution in [-0.2, 0) is 43.1 Å². The van der Waals surface area contributed by atoms with Crippen LogP contribution in [0.3, 0.4) is 0 Å². The molecule has 63 heavy (non-hydrogen) atoms. The van der Waals surface area contributed by atoms with E-state index in [4.69, 9.17) is 24.4 Å². The van der Waals surface area contributed by atoms with Crippen molar-refractivity contribution in [1.82, 2.24) is 15.1 Å². The first-order chi connectivity index (χ1) is 30.7. The zero-order chi connectivity index (χ0) is 44.2. The molecule has 9 rings (SSSR count). The number of carbonyl (C=O) groups is 2. The van der Waals surface area contributed by atoms with Crippen molar-refractivity contribution in [2.75, 3.05) is 85.5 Å². The molecule has 0 aliphatic carbocycles. The van der Waals surface area contributed by atoms with Gasteiger partial charge in [-0.2, -0.15) is 0 Å². The summed E-state index contributed by atoms with van der Waals surface area (Å²) in [5.74, 6) is -0.950. The largest absolute Gasteiger partial charge is 0.480 e. The zero-order valence-corrected chi connectivity index (χ0v) is 38.2. The molecule has 0 saturated carbocycles. The van der Waals surface area contributed by atoms with Gasteiger partial charge in [-0.25, -0.2) is 4.79 Å². The van der Waals surface area contributed by atoms with E-state index in [-0.39, 0.29) is 37.4 Å². The van der Waals surface area contributed by atoms with Crippen LogP contribution < -0.4 is 5.32 Å². The third-order valence-electron chi connectivity index (χ3n) is 11.0. The zero-order valence-electron chi connectivity index (χ0n) is 35.8. The molecule has 6 aromatic rings. The Morgan fingerprint density at radius 3 is 1.54 bits per heavy atom. The monoisotopic (exact) mass is 919 g/mol. The molecule has 15 heteroatoms. The number of nitrogens with zero attached hydrogens (tertiary/aromatic N) is 2. The van der Waals surface area contributed by atoms with Crippen LogP contribution in [-0.4, -0.2) is 146 Å². The second-order valence-electron chi connectivity index (χ2n) is 15.9. The highest BCUT2D eigenvalue weighted by Crippen LogP contribution is 2.24. The Hall–Kier alpha value is -3.84. The Morgan fingerprint density at radius 2 is 1.11 bits per heavy atom. The first kappa shape index (κ1) is 48.6. The smallest absolute Gasteiger partial charge is 0.329 e. The van der Waals surface area contributed by atoms with Crippen LogP contribution >= 0.6 is 34.0 Å². The summed E-state index contributed by atoms with van der Waals surface area (Å²) < 4.78 is 20.1. The fourth-order valence-electron chi connectivity index (χ4n) is 7.36. The summed E-state index contributed by atoms with van der Waals surface area (Å²) >= 11 is 5.24. The number of ether oxygens (including phenoxy) is 3. The summed E-state index contributed by atoms with van der Waals surface area (Å²) in [4.78, 5) is 26.0. The van der Waals surface area contributed by atoms with E-state index < -0.39 is 5.97 Å². The van der Waals surface area contributed by atoms with Crippen molar-refractivity contribution in [3.05, 3.63) is 106 Å². The minimum Gasteiger partial charge on any atom is -0.480 e. The lowest BCUT2D eigenvalue weighted by molar-refractivity contribution is -0.142. The quantitative estimate of drug-likeness (QED) is 0.0678. The molecular weight excluding hydrogens is 859 g/mol. The Kier molecular flexibility index (Phi) is 20.2. The second kappa shape index (κ2) is 26.2. The third kappa shape index (κ3) is 16.9. The number of β-amino-alcohol motifs (C(OH)–C–C–N with tert-alkyl or cyclic N) is 3. The van der Waals surface area contributed by atoms with E-state index in [1.807, 2.05) is 0 Å². The van der Waals surface area contributed by atoms with Gasteiger partial charge in [-0.05, 0) is 130 Å². The highest BCUT2D eigenvalue weighted by Gasteiger charge is 2.24. The highest BCUT2D eigenvalue weighted by molar-refractivity contribution is 7.17. The normalized spacial score (nSPS) is 18.5. The Bertz CT molecular complexity index is 2270. The molecule has 3 aliphatic heterocycles. The third-order valence-corrected chi connectivity index (χ3v) is 13.6. The molecule has 6 heterocycles. The van der Waals surface area contributed by atoms with Crippen molar-refractivity contribution in [1.29, 1.82) is 0 Å². The van der Waals surface area contributed by atoms with Crippen molar-refractivity contribution in [3.63, 3.8) is 0 Å². The number of aliphatic hydroxyl groups is 3. The summed E-state index contributed by atoms with van der Waals surface area (Å²) in [6, 6.07) is 25.7. The molecule has 3 fully saturated rings. The maximum atomic E-state index is 11.8. The number of nitrogens with one attached hydrogen (secondary N) is 1. The van der Waals surface area contributed by atoms with E-state index in [2.05, 4.69) is 99.2 Å². The lowest BCUT2D eigenvalue weighted by atomic mass is 10.1. The average molecular weight is 920 g/mol. The van der Waals surface area contributed by atoms with Crippen molar-refractivity contribution < 1.29 is 44.2 Å². The summed E-state index contributed by atoms with van der Waals surface area (Å²) in [7, 11) is 0. The number of aliphatic carboxylic acids is 1. The Morgan fingerprint density at radius 1 is 0.603 bits per heavy atom. The van der Waals surface area contributed by atoms with Gasteiger partial charge in [0.1, 0.15) is 13.2 Å². The molecule has 0 bridgehead atoms. The fraction of sp³-hybridized carbons (Fsp3) is 0.458. The maximum absolute atomic E-state index is 11.8. The number of benzene rings is 3. The summed E-state index contributed by atoms with van der Waals surface area (Å²) in [6.45, 7) is 7.99. The topological polar surface area (TPSA) is 161 Å². The number of carboxylic acid groups (broad SMARTS) is 1. The molecule has 5 N–H and O–H groups in total. The molecule has 3 aromatic heterocycles. The van der Waals surface area contributed by atoms with E-state index in [1.54, 1.807) is 38.9 Å². The molecule has 3 aliphatic rings. The van der Waals surface area contributed by atoms with E-state index >= 15 is 0 Å². The predicted octanol–water partition coefficient (Wildman–Crippen LogP) is 6.47. The van der Waals surface area contributed by atoms with Gasteiger partial charge in [0, 0.05) is 53.4 Å². The maximum Gasteiger partial charge on any atom is 0.329 e. The molecule has 340 valence electrons. The van der Waals surface area contributed by atoms with Crippen LogP contribution in [0.1, 0.15) is 36.0 Å². The molecule has 3 saturated heterocycles. The standard InChI is InChI=1S/C16H19NO3S.C16H21NO2S.C12H12O3S.C4H9NO/c18-14-3-6-17(10-14)16(19)11-20-7-4-12-1-2-13-5-8-21-15(13)9-12;18-15-3-6-17(12-15)7-9-19-8-4-13-1-2-14-5-10-20-16(14)11-13;13-12(14)8-15-5-3-9-1-2-10-4-6-16-11(10)7-9;6-4-1-2-5-3-4/h1-2,5,8-9,14,18H,3-4,6-7,10-11H2;1-2,5,10-11,15,18H,3-4,6-9,12H2;1-2,4,6-7H,3,5,8H2,(H,13,14);4-6H,1-3H2/t14-;15-;;4-/m00.0/s1. The lowest BCUT2D eigenvalue weighted by Gasteiger charge is -2.15. The minimum atomic E-state index is -0.922. The first-order valence-electron chi connectivity index (χ1n) is 21.8. The molecule has 1 amide bonds. The molecule has 0 radical (unpaired) electrons. The number of fused-ring (bicyclic) bond motifs is 3. The molecule has 0 spiro atoms. The van der Waals surface area contributed by atoms with Crippen molar-refractivity contribution in [2.45, 2.75) is 56.8 Å². The van der Waals surface area contributed by atoms with Gasteiger partial charge in [0.15, 0.2) is 0 Å². The van der Waals surface area contributed by atoms with Crippen LogP contribution in [0.25, 0.3) is 30.3 Å². The number of carbonyl (C=O) groups excluding carboxylic acids is 1. The Labute approximate surface area is 381 Å². The Balaban J connectivity index is 0.000000148. The van der Waals surface area contributed by atoms with E-state index in [0.717, 1.165) is 78.0 Å². The molecule has 3 atom stereocenters. The average Bonchev–Trinajstić information content (AvgIpc) is 4.15. The summed E-state index contributed by atoms with van der Waals surface area (Å²) in [5, 5.41) is 49.1. The number of rotatable bonds is 16. The van der Waals surface area contributed by atoms with Crippen LogP contribution in [0.5, 0.6) is 0 Å². The molecular formula is C48H61N3O9S3. The number of hydrogen-bond acceptors (Lipinski definition) is 13. The minimum absolute atomic E-state index is 0.0275. The fourth-order valence-corrected chi connectivity index (χ4v) is 9.92. The van der Waals surface area contributed by atoms with Crippen LogP contribution in [0.4, 0.5) is 0 Å². The summed E-state index contributed by atoms with van der Waals surface area (Å²) in [6.07, 6.45) is 4.47. The SMILES string of the molecule is O=C(COCCc1ccc2ccsc2c1)N1CC[C@H](O)C1.O=C(O)COCCc1ccc2ccsc2c1.O[C@H]1CCN(CCOCCc2ccc3ccsc3c2)C1.O[C@H]1CCNC1. The lowest BCUT2D eigenvalue weighted by Crippen LogP contribution is -2.32. The molecule has 0 unspecified atom stereocenters. The first-order valence-corrected chi connectivity index (χ1v) is 24.4. The van der Waals surface area contributed by atoms with Crippen molar-refractivity contribution >= 4 is 76.1 Å². The van der Waals surface area contributed by atoms with E-state index in [9.17, 15) is 19.8 Å². The number of hydrogen-bond donors (Lipinski definition) is 5. The number of amides is 1. The van der Waals surface area contributed by atoms with Crippen LogP contribution in [0, 0.1) is 0 Å². The molecule has 12 nitrogen and oxygen atoms in total. The van der Waals surface area contributed by atoms with Gasteiger partial charge in [0.2, 0.25) is 5.91 Å². The summed E-state index contributed by atoms with van der Waals surface area (Å²) in [5.41, 5.74) is 3.76. The van der Waals surface area contributed by atoms with Crippen LogP contribution in [0.15, 0.2) is 88.9 Å². The number of thiophene rings is 3. The molecule has 3 aromatic carbocycles. The number of aliphatic hydroxyl groups excluding tert-OH is 3. The van der Waals surface area contributed by atoms with Gasteiger partial charge >= 0.3 is 5.97 Å².